The molecule has 0 bridgehead atoms. The van der Waals surface area contributed by atoms with E-state index in [1.54, 1.807) is 49.5 Å². The lowest BCUT2D eigenvalue weighted by molar-refractivity contribution is -0.142. The monoisotopic (exact) mass is 381 g/mol. The first-order valence-electron chi connectivity index (χ1n) is 8.53. The maximum atomic E-state index is 12.4. The van der Waals surface area contributed by atoms with Gasteiger partial charge in [-0.1, -0.05) is 18.2 Å². The molecule has 3 rings (SSSR count). The third-order valence-electron chi connectivity index (χ3n) is 4.11. The van der Waals surface area contributed by atoms with Gasteiger partial charge in [0.15, 0.2) is 6.61 Å². The first-order valence-corrected chi connectivity index (χ1v) is 8.53. The first kappa shape index (κ1) is 19.1. The standard InChI is InChI=1S/C20H19N3O5/c1-13-9-15(28-12-19(25)27-2)7-8-17(13)22-18(24)11-23-20(26)16-6-4-3-5-14(16)10-21-23/h3-10H,11-12H2,1-2H3,(H,22,24). The van der Waals surface area contributed by atoms with Crippen LogP contribution in [-0.4, -0.2) is 35.4 Å². The van der Waals surface area contributed by atoms with Gasteiger partial charge in [-0.3, -0.25) is 9.59 Å². The Morgan fingerprint density at radius 2 is 1.96 bits per heavy atom. The molecular weight excluding hydrogens is 362 g/mol. The summed E-state index contributed by atoms with van der Waals surface area (Å²) in [6.45, 7) is 1.39. The Morgan fingerprint density at radius 1 is 1.18 bits per heavy atom. The molecule has 0 radical (unpaired) electrons. The van der Waals surface area contributed by atoms with Gasteiger partial charge >= 0.3 is 5.97 Å². The van der Waals surface area contributed by atoms with Crippen molar-refractivity contribution in [3.8, 4) is 5.75 Å². The Labute approximate surface area is 160 Å². The predicted octanol–water partition coefficient (Wildman–Crippen LogP) is 1.90. The van der Waals surface area contributed by atoms with Crippen molar-refractivity contribution in [2.24, 2.45) is 0 Å². The second kappa shape index (κ2) is 8.34. The summed E-state index contributed by atoms with van der Waals surface area (Å²) < 4.78 is 11.0. The summed E-state index contributed by atoms with van der Waals surface area (Å²) in [4.78, 5) is 35.9. The predicted molar refractivity (Wildman–Crippen MR) is 103 cm³/mol. The molecule has 1 heterocycles. The van der Waals surface area contributed by atoms with E-state index >= 15 is 0 Å². The molecule has 3 aromatic rings. The lowest BCUT2D eigenvalue weighted by atomic mass is 10.2. The SMILES string of the molecule is COC(=O)COc1ccc(NC(=O)Cn2ncc3ccccc3c2=O)c(C)c1. The van der Waals surface area contributed by atoms with Gasteiger partial charge in [-0.15, -0.1) is 0 Å². The van der Waals surface area contributed by atoms with E-state index in [1.807, 2.05) is 6.07 Å². The van der Waals surface area contributed by atoms with Crippen molar-refractivity contribution >= 4 is 28.3 Å². The number of carbonyl (C=O) groups is 2. The number of aromatic nitrogens is 2. The van der Waals surface area contributed by atoms with E-state index in [1.165, 1.54) is 7.11 Å². The van der Waals surface area contributed by atoms with Gasteiger partial charge in [-0.05, 0) is 36.8 Å². The van der Waals surface area contributed by atoms with Crippen molar-refractivity contribution in [2.75, 3.05) is 19.0 Å². The summed E-state index contributed by atoms with van der Waals surface area (Å²) in [5.74, 6) is -0.382. The molecule has 0 atom stereocenters. The van der Waals surface area contributed by atoms with Gasteiger partial charge in [0, 0.05) is 11.1 Å². The minimum absolute atomic E-state index is 0.196. The van der Waals surface area contributed by atoms with E-state index < -0.39 is 5.97 Å². The van der Waals surface area contributed by atoms with E-state index in [0.29, 0.717) is 16.8 Å². The van der Waals surface area contributed by atoms with Crippen molar-refractivity contribution in [3.05, 3.63) is 64.6 Å². The molecule has 0 spiro atoms. The van der Waals surface area contributed by atoms with Crippen LogP contribution >= 0.6 is 0 Å². The summed E-state index contributed by atoms with van der Waals surface area (Å²) in [6.07, 6.45) is 1.56. The number of rotatable bonds is 6. The van der Waals surface area contributed by atoms with Crippen molar-refractivity contribution in [3.63, 3.8) is 0 Å². The molecule has 1 amide bonds. The molecule has 28 heavy (non-hydrogen) atoms. The Morgan fingerprint density at radius 3 is 2.71 bits per heavy atom. The Kier molecular flexibility index (Phi) is 5.69. The molecule has 0 aliphatic heterocycles. The number of aryl methyl sites for hydroxylation is 1. The number of ether oxygens (including phenoxy) is 2. The van der Waals surface area contributed by atoms with Crippen LogP contribution in [0.15, 0.2) is 53.5 Å². The van der Waals surface area contributed by atoms with E-state index in [-0.39, 0.29) is 24.6 Å². The number of fused-ring (bicyclic) bond motifs is 1. The molecule has 0 aliphatic carbocycles. The summed E-state index contributed by atoms with van der Waals surface area (Å²) in [7, 11) is 1.28. The molecule has 8 nitrogen and oxygen atoms in total. The molecule has 0 aliphatic rings. The number of nitrogens with zero attached hydrogens (tertiary/aromatic N) is 2. The Bertz CT molecular complexity index is 1090. The second-order valence-corrected chi connectivity index (χ2v) is 6.08. The number of carbonyl (C=O) groups excluding carboxylic acids is 2. The number of hydrogen-bond donors (Lipinski definition) is 1. The lowest BCUT2D eigenvalue weighted by Crippen LogP contribution is -2.29. The quantitative estimate of drug-likeness (QED) is 0.655. The van der Waals surface area contributed by atoms with Gasteiger partial charge in [0.1, 0.15) is 12.3 Å². The molecule has 0 unspecified atom stereocenters. The van der Waals surface area contributed by atoms with Crippen LogP contribution in [0.1, 0.15) is 5.56 Å². The molecule has 1 aromatic heterocycles. The normalized spacial score (nSPS) is 10.5. The van der Waals surface area contributed by atoms with Gasteiger partial charge in [0.2, 0.25) is 5.91 Å². The highest BCUT2D eigenvalue weighted by Gasteiger charge is 2.11. The maximum absolute atomic E-state index is 12.4. The number of esters is 1. The van der Waals surface area contributed by atoms with E-state index in [9.17, 15) is 14.4 Å². The van der Waals surface area contributed by atoms with Crippen molar-refractivity contribution in [1.82, 2.24) is 9.78 Å². The van der Waals surface area contributed by atoms with E-state index in [2.05, 4.69) is 15.2 Å². The largest absolute Gasteiger partial charge is 0.482 e. The minimum atomic E-state index is -0.483. The minimum Gasteiger partial charge on any atom is -0.482 e. The zero-order valence-electron chi connectivity index (χ0n) is 15.5. The fourth-order valence-corrected chi connectivity index (χ4v) is 2.63. The van der Waals surface area contributed by atoms with Crippen molar-refractivity contribution in [2.45, 2.75) is 13.5 Å². The fourth-order valence-electron chi connectivity index (χ4n) is 2.63. The van der Waals surface area contributed by atoms with E-state index in [4.69, 9.17) is 4.74 Å². The summed E-state index contributed by atoms with van der Waals surface area (Å²) in [5.41, 5.74) is 0.996. The first-order chi connectivity index (χ1) is 13.5. The summed E-state index contributed by atoms with van der Waals surface area (Å²) >= 11 is 0. The van der Waals surface area contributed by atoms with Gasteiger partial charge in [-0.25, -0.2) is 9.48 Å². The molecule has 2 aromatic carbocycles. The number of methoxy groups -OCH3 is 1. The molecule has 0 fully saturated rings. The van der Waals surface area contributed by atoms with Crippen LogP contribution in [0.4, 0.5) is 5.69 Å². The summed E-state index contributed by atoms with van der Waals surface area (Å²) in [6, 6.07) is 12.1. The van der Waals surface area contributed by atoms with Crippen LogP contribution in [0.2, 0.25) is 0 Å². The highest BCUT2D eigenvalue weighted by Crippen LogP contribution is 2.21. The Hall–Kier alpha value is -3.68. The number of nitrogens with one attached hydrogen (secondary N) is 1. The van der Waals surface area contributed by atoms with Crippen molar-refractivity contribution < 1.29 is 19.1 Å². The molecule has 8 heteroatoms. The average molecular weight is 381 g/mol. The summed E-state index contributed by atoms with van der Waals surface area (Å²) in [5, 5.41) is 8.04. The number of hydrogen-bond acceptors (Lipinski definition) is 6. The van der Waals surface area contributed by atoms with Gasteiger partial charge < -0.3 is 14.8 Å². The lowest BCUT2D eigenvalue weighted by Gasteiger charge is -2.11. The molecule has 0 saturated carbocycles. The topological polar surface area (TPSA) is 99.5 Å². The smallest absolute Gasteiger partial charge is 0.343 e. The number of amides is 1. The zero-order chi connectivity index (χ0) is 20.1. The Balaban J connectivity index is 1.69. The molecule has 144 valence electrons. The van der Waals surface area contributed by atoms with Gasteiger partial charge in [0.25, 0.3) is 5.56 Å². The van der Waals surface area contributed by atoms with Crippen LogP contribution in [-0.2, 0) is 20.9 Å². The van der Waals surface area contributed by atoms with Gasteiger partial charge in [0.05, 0.1) is 18.7 Å². The number of anilines is 1. The third-order valence-corrected chi connectivity index (χ3v) is 4.11. The van der Waals surface area contributed by atoms with Crippen LogP contribution in [0.3, 0.4) is 0 Å². The number of benzene rings is 2. The second-order valence-electron chi connectivity index (χ2n) is 6.08. The average Bonchev–Trinajstić information content (AvgIpc) is 2.70. The van der Waals surface area contributed by atoms with Crippen LogP contribution < -0.4 is 15.6 Å². The van der Waals surface area contributed by atoms with Crippen LogP contribution in [0.25, 0.3) is 10.8 Å². The van der Waals surface area contributed by atoms with E-state index in [0.717, 1.165) is 15.6 Å². The van der Waals surface area contributed by atoms with Gasteiger partial charge in [-0.2, -0.15) is 5.10 Å². The van der Waals surface area contributed by atoms with Crippen LogP contribution in [0, 0.1) is 6.92 Å². The zero-order valence-corrected chi connectivity index (χ0v) is 15.5. The molecular formula is C20H19N3O5. The fraction of sp³-hybridized carbons (Fsp3) is 0.200. The van der Waals surface area contributed by atoms with Crippen molar-refractivity contribution in [1.29, 1.82) is 0 Å². The third kappa shape index (κ3) is 4.35. The molecule has 0 saturated heterocycles. The maximum Gasteiger partial charge on any atom is 0.343 e. The molecule has 1 N–H and O–H groups in total. The highest BCUT2D eigenvalue weighted by molar-refractivity contribution is 5.91. The highest BCUT2D eigenvalue weighted by atomic mass is 16.6. The van der Waals surface area contributed by atoms with Crippen LogP contribution in [0.5, 0.6) is 5.75 Å².